The van der Waals surface area contributed by atoms with E-state index in [0.717, 1.165) is 63.1 Å². The predicted octanol–water partition coefficient (Wildman–Crippen LogP) is 1.75. The van der Waals surface area contributed by atoms with E-state index in [9.17, 15) is 9.59 Å². The Morgan fingerprint density at radius 2 is 1.89 bits per heavy atom. The molecule has 1 aromatic carbocycles. The molecule has 144 valence electrons. The van der Waals surface area contributed by atoms with Crippen LogP contribution in [0.1, 0.15) is 36.0 Å². The van der Waals surface area contributed by atoms with Crippen molar-refractivity contribution in [3.63, 3.8) is 0 Å². The summed E-state index contributed by atoms with van der Waals surface area (Å²) in [6.07, 6.45) is 3.90. The quantitative estimate of drug-likeness (QED) is 0.793. The molecule has 6 nitrogen and oxygen atoms in total. The number of likely N-dealkylation sites (N-methyl/N-ethyl adjacent to an activating group) is 1. The molecule has 5 aliphatic rings. The van der Waals surface area contributed by atoms with E-state index in [1.54, 1.807) is 0 Å². The van der Waals surface area contributed by atoms with E-state index in [4.69, 9.17) is 0 Å². The minimum absolute atomic E-state index is 0.0128. The molecule has 3 saturated carbocycles. The van der Waals surface area contributed by atoms with Gasteiger partial charge >= 0.3 is 0 Å². The Balaban J connectivity index is 1.35. The van der Waals surface area contributed by atoms with Crippen LogP contribution in [0.15, 0.2) is 24.3 Å². The summed E-state index contributed by atoms with van der Waals surface area (Å²) < 4.78 is 0. The zero-order valence-corrected chi connectivity index (χ0v) is 15.9. The van der Waals surface area contributed by atoms with Gasteiger partial charge in [0.05, 0.1) is 5.56 Å². The van der Waals surface area contributed by atoms with Crippen molar-refractivity contribution in [1.82, 2.24) is 15.1 Å². The summed E-state index contributed by atoms with van der Waals surface area (Å²) in [4.78, 5) is 30.2. The summed E-state index contributed by atoms with van der Waals surface area (Å²) in [5, 5.41) is 6.94. The highest BCUT2D eigenvalue weighted by Crippen LogP contribution is 2.52. The van der Waals surface area contributed by atoms with Crippen LogP contribution in [0.5, 0.6) is 0 Å². The van der Waals surface area contributed by atoms with Gasteiger partial charge < -0.3 is 20.4 Å². The first kappa shape index (κ1) is 17.0. The molecule has 2 bridgehead atoms. The minimum atomic E-state index is -0.382. The molecule has 2 N–H and O–H groups in total. The van der Waals surface area contributed by atoms with Crippen molar-refractivity contribution in [2.24, 2.45) is 17.8 Å². The lowest BCUT2D eigenvalue weighted by Crippen LogP contribution is -2.68. The number of piperazine rings is 1. The molecule has 6 heteroatoms. The Morgan fingerprint density at radius 3 is 2.63 bits per heavy atom. The third-order valence-electron chi connectivity index (χ3n) is 7.27. The van der Waals surface area contributed by atoms with E-state index >= 15 is 0 Å². The molecule has 27 heavy (non-hydrogen) atoms. The second-order valence-corrected chi connectivity index (χ2v) is 8.81. The number of benzene rings is 1. The van der Waals surface area contributed by atoms with Gasteiger partial charge in [0.15, 0.2) is 0 Å². The Bertz CT molecular complexity index is 773. The highest BCUT2D eigenvalue weighted by Gasteiger charge is 2.55. The molecule has 0 unspecified atom stereocenters. The summed E-state index contributed by atoms with van der Waals surface area (Å²) in [6, 6.07) is 7.73. The van der Waals surface area contributed by atoms with Crippen LogP contribution in [0.2, 0.25) is 0 Å². The second kappa shape index (κ2) is 6.23. The monoisotopic (exact) mass is 368 g/mol. The van der Waals surface area contributed by atoms with E-state index in [1.807, 2.05) is 24.3 Å². The molecule has 0 radical (unpaired) electrons. The van der Waals surface area contributed by atoms with E-state index in [2.05, 4.69) is 27.5 Å². The van der Waals surface area contributed by atoms with E-state index < -0.39 is 0 Å². The van der Waals surface area contributed by atoms with Crippen molar-refractivity contribution in [1.29, 1.82) is 0 Å². The van der Waals surface area contributed by atoms with Gasteiger partial charge in [-0.05, 0) is 50.8 Å². The number of para-hydroxylation sites is 1. The predicted molar refractivity (Wildman–Crippen MR) is 103 cm³/mol. The summed E-state index contributed by atoms with van der Waals surface area (Å²) >= 11 is 0. The van der Waals surface area contributed by atoms with Crippen molar-refractivity contribution in [3.8, 4) is 0 Å². The summed E-state index contributed by atoms with van der Waals surface area (Å²) in [6.45, 7) is 3.61. The van der Waals surface area contributed by atoms with Gasteiger partial charge in [0.1, 0.15) is 5.66 Å². The van der Waals surface area contributed by atoms with Gasteiger partial charge in [-0.25, -0.2) is 0 Å². The molecule has 1 spiro atoms. The van der Waals surface area contributed by atoms with Crippen LogP contribution in [0.25, 0.3) is 0 Å². The first-order valence-corrected chi connectivity index (χ1v) is 10.2. The van der Waals surface area contributed by atoms with Gasteiger partial charge in [0.2, 0.25) is 5.91 Å². The molecule has 2 aliphatic heterocycles. The van der Waals surface area contributed by atoms with Crippen molar-refractivity contribution in [2.45, 2.75) is 31.3 Å². The molecule has 1 aromatic rings. The third-order valence-corrected chi connectivity index (χ3v) is 7.27. The standard InChI is InChI=1S/C21H28N4O2/c1-24-8-10-25(11-9-24)20(27)17-12-15-7-6-14(17)13-21(15)22-18-5-3-2-4-16(18)19(26)23-21/h2-5,14-15,17,22H,6-13H2,1H3,(H,23,26)/t14-,15+,17+,21+/m0/s1. The van der Waals surface area contributed by atoms with Gasteiger partial charge in [-0.15, -0.1) is 0 Å². The molecule has 1 saturated heterocycles. The average Bonchev–Trinajstić information content (AvgIpc) is 2.68. The number of nitrogens with one attached hydrogen (secondary N) is 2. The number of amides is 2. The molecule has 4 atom stereocenters. The SMILES string of the molecule is CN1CCN(C(=O)[C@@H]2C[C@H]3CC[C@H]2C[C@@]32NC(=O)c3ccccc3N2)CC1. The first-order valence-electron chi connectivity index (χ1n) is 10.2. The second-order valence-electron chi connectivity index (χ2n) is 8.81. The number of hydrogen-bond acceptors (Lipinski definition) is 4. The fourth-order valence-electron chi connectivity index (χ4n) is 5.71. The Kier molecular flexibility index (Phi) is 3.93. The van der Waals surface area contributed by atoms with Crippen LogP contribution in [-0.2, 0) is 4.79 Å². The van der Waals surface area contributed by atoms with Gasteiger partial charge in [-0.3, -0.25) is 9.59 Å². The van der Waals surface area contributed by atoms with Gasteiger partial charge in [-0.1, -0.05) is 12.1 Å². The topological polar surface area (TPSA) is 64.7 Å². The normalized spacial score (nSPS) is 35.5. The van der Waals surface area contributed by atoms with Gasteiger partial charge in [-0.2, -0.15) is 0 Å². The smallest absolute Gasteiger partial charge is 0.255 e. The number of carbonyl (C=O) groups is 2. The Hall–Kier alpha value is -2.08. The summed E-state index contributed by atoms with van der Waals surface area (Å²) in [5.74, 6) is 1.13. The molecule has 3 aliphatic carbocycles. The highest BCUT2D eigenvalue weighted by atomic mass is 16.2. The van der Waals surface area contributed by atoms with E-state index in [-0.39, 0.29) is 17.5 Å². The van der Waals surface area contributed by atoms with Gasteiger partial charge in [0, 0.05) is 43.7 Å². The lowest BCUT2D eigenvalue weighted by Gasteiger charge is -2.57. The maximum atomic E-state index is 13.2. The fourth-order valence-corrected chi connectivity index (χ4v) is 5.71. The maximum absolute atomic E-state index is 13.2. The van der Waals surface area contributed by atoms with Crippen molar-refractivity contribution >= 4 is 17.5 Å². The van der Waals surface area contributed by atoms with Crippen LogP contribution in [0.4, 0.5) is 5.69 Å². The van der Waals surface area contributed by atoms with E-state index in [0.29, 0.717) is 17.7 Å². The zero-order chi connectivity index (χ0) is 18.6. The molecule has 4 fully saturated rings. The molecular weight excluding hydrogens is 340 g/mol. The van der Waals surface area contributed by atoms with Crippen molar-refractivity contribution in [2.75, 3.05) is 38.5 Å². The number of carbonyl (C=O) groups excluding carboxylic acids is 2. The fraction of sp³-hybridized carbons (Fsp3) is 0.619. The third kappa shape index (κ3) is 2.73. The van der Waals surface area contributed by atoms with Crippen LogP contribution < -0.4 is 10.6 Å². The summed E-state index contributed by atoms with van der Waals surface area (Å²) in [5.41, 5.74) is 1.26. The van der Waals surface area contributed by atoms with Crippen LogP contribution in [0.3, 0.4) is 0 Å². The lowest BCUT2D eigenvalue weighted by molar-refractivity contribution is -0.144. The molecule has 2 amide bonds. The largest absolute Gasteiger partial charge is 0.362 e. The van der Waals surface area contributed by atoms with Crippen molar-refractivity contribution < 1.29 is 9.59 Å². The highest BCUT2D eigenvalue weighted by molar-refractivity contribution is 6.02. The molecule has 2 heterocycles. The summed E-state index contributed by atoms with van der Waals surface area (Å²) in [7, 11) is 2.11. The number of fused-ring (bicyclic) bond motifs is 3. The Labute approximate surface area is 160 Å². The minimum Gasteiger partial charge on any atom is -0.362 e. The number of nitrogens with zero attached hydrogens (tertiary/aromatic N) is 2. The maximum Gasteiger partial charge on any atom is 0.255 e. The first-order chi connectivity index (χ1) is 13.1. The van der Waals surface area contributed by atoms with Crippen LogP contribution in [0, 0.1) is 17.8 Å². The Morgan fingerprint density at radius 1 is 1.11 bits per heavy atom. The molecular formula is C21H28N4O2. The van der Waals surface area contributed by atoms with Crippen LogP contribution in [-0.4, -0.2) is 60.5 Å². The number of hydrogen-bond donors (Lipinski definition) is 2. The molecule has 6 rings (SSSR count). The lowest BCUT2D eigenvalue weighted by atomic mass is 9.58. The van der Waals surface area contributed by atoms with Crippen molar-refractivity contribution in [3.05, 3.63) is 29.8 Å². The molecule has 0 aromatic heterocycles. The number of anilines is 1. The van der Waals surface area contributed by atoms with Crippen LogP contribution >= 0.6 is 0 Å². The zero-order valence-electron chi connectivity index (χ0n) is 15.9. The van der Waals surface area contributed by atoms with Gasteiger partial charge in [0.25, 0.3) is 5.91 Å². The number of rotatable bonds is 1. The average molecular weight is 368 g/mol. The van der Waals surface area contributed by atoms with E-state index in [1.165, 1.54) is 0 Å².